The molecule has 1 N–H and O–H groups in total. The van der Waals surface area contributed by atoms with Crippen LogP contribution in [0.5, 0.6) is 0 Å². The molecule has 8 heteroatoms. The van der Waals surface area contributed by atoms with Crippen molar-refractivity contribution in [3.05, 3.63) is 58.6 Å². The summed E-state index contributed by atoms with van der Waals surface area (Å²) in [6.45, 7) is 3.95. The molecular weight excluding hydrogens is 394 g/mol. The molecule has 1 saturated heterocycles. The van der Waals surface area contributed by atoms with Crippen LogP contribution in [-0.4, -0.2) is 35.6 Å². The molecule has 2 aromatic heterocycles. The van der Waals surface area contributed by atoms with Crippen molar-refractivity contribution in [1.29, 1.82) is 0 Å². The van der Waals surface area contributed by atoms with Crippen molar-refractivity contribution in [2.24, 2.45) is 0 Å². The van der Waals surface area contributed by atoms with E-state index in [1.54, 1.807) is 10.7 Å². The number of hydrogen-bond donors (Lipinski definition) is 1. The van der Waals surface area contributed by atoms with Gasteiger partial charge in [-0.15, -0.1) is 11.3 Å². The zero-order chi connectivity index (χ0) is 19.9. The first-order valence-electron chi connectivity index (χ1n) is 9.05. The number of aryl methyl sites for hydroxylation is 2. The lowest BCUT2D eigenvalue weighted by Gasteiger charge is -2.12. The van der Waals surface area contributed by atoms with Gasteiger partial charge in [0.1, 0.15) is 0 Å². The van der Waals surface area contributed by atoms with Crippen molar-refractivity contribution in [2.45, 2.75) is 26.3 Å². The van der Waals surface area contributed by atoms with Gasteiger partial charge in [-0.05, 0) is 49.4 Å². The summed E-state index contributed by atoms with van der Waals surface area (Å²) in [5.74, 6) is -0.0826. The van der Waals surface area contributed by atoms with Crippen LogP contribution in [0.15, 0.2) is 41.8 Å². The van der Waals surface area contributed by atoms with E-state index in [2.05, 4.69) is 10.4 Å². The Labute approximate surface area is 168 Å². The van der Waals surface area contributed by atoms with Crippen molar-refractivity contribution in [2.75, 3.05) is 16.8 Å². The van der Waals surface area contributed by atoms with Gasteiger partial charge in [0.15, 0.2) is 15.5 Å². The molecule has 3 aromatic rings. The normalized spacial score (nSPS) is 18.3. The van der Waals surface area contributed by atoms with E-state index < -0.39 is 9.84 Å². The van der Waals surface area contributed by atoms with Crippen LogP contribution in [0.3, 0.4) is 0 Å². The Morgan fingerprint density at radius 2 is 2.07 bits per heavy atom. The Hall–Kier alpha value is -2.45. The van der Waals surface area contributed by atoms with Crippen LogP contribution in [0.1, 0.15) is 34.1 Å². The van der Waals surface area contributed by atoms with Crippen molar-refractivity contribution in [3.8, 4) is 10.6 Å². The Bertz CT molecular complexity index is 1130. The van der Waals surface area contributed by atoms with Crippen LogP contribution in [0.2, 0.25) is 0 Å². The number of thiophene rings is 1. The molecular formula is C20H21N3O3S2. The largest absolute Gasteiger partial charge is 0.320 e. The van der Waals surface area contributed by atoms with E-state index in [1.165, 1.54) is 11.3 Å². The Morgan fingerprint density at radius 3 is 2.71 bits per heavy atom. The fraction of sp³-hybridized carbons (Fsp3) is 0.300. The van der Waals surface area contributed by atoms with E-state index in [0.29, 0.717) is 6.42 Å². The standard InChI is InChI=1S/C20H21N3O3S2/c1-13-5-6-16(14(2)10-13)21-20(24)17-11-18(19-4-3-8-27-19)23(22-17)15-7-9-28(25,26)12-15/h3-6,8,10-11,15H,7,9,12H2,1-2H3,(H,21,24). The number of rotatable bonds is 4. The summed E-state index contributed by atoms with van der Waals surface area (Å²) >= 11 is 1.54. The zero-order valence-electron chi connectivity index (χ0n) is 15.7. The van der Waals surface area contributed by atoms with Crippen molar-refractivity contribution >= 4 is 32.8 Å². The predicted octanol–water partition coefficient (Wildman–Crippen LogP) is 3.84. The third-order valence-corrected chi connectivity index (χ3v) is 7.57. The molecule has 0 radical (unpaired) electrons. The molecule has 0 saturated carbocycles. The molecule has 146 valence electrons. The molecule has 1 aliphatic heterocycles. The zero-order valence-corrected chi connectivity index (χ0v) is 17.3. The van der Waals surface area contributed by atoms with Gasteiger partial charge in [-0.3, -0.25) is 9.48 Å². The maximum absolute atomic E-state index is 12.8. The average Bonchev–Trinajstić information content (AvgIpc) is 3.35. The molecule has 1 aliphatic rings. The minimum absolute atomic E-state index is 0.0607. The van der Waals surface area contributed by atoms with E-state index in [-0.39, 0.29) is 29.1 Å². The van der Waals surface area contributed by atoms with Crippen LogP contribution in [0, 0.1) is 13.8 Å². The number of hydrogen-bond acceptors (Lipinski definition) is 5. The van der Waals surface area contributed by atoms with Crippen LogP contribution in [0.4, 0.5) is 5.69 Å². The van der Waals surface area contributed by atoms with Gasteiger partial charge >= 0.3 is 0 Å². The second kappa shape index (κ2) is 7.18. The fourth-order valence-electron chi connectivity index (χ4n) is 3.50. The summed E-state index contributed by atoms with van der Waals surface area (Å²) in [6, 6.07) is 11.2. The molecule has 3 heterocycles. The van der Waals surface area contributed by atoms with Gasteiger partial charge in [-0.25, -0.2) is 8.42 Å². The highest BCUT2D eigenvalue weighted by atomic mass is 32.2. The van der Waals surface area contributed by atoms with Crippen molar-refractivity contribution < 1.29 is 13.2 Å². The third-order valence-electron chi connectivity index (χ3n) is 4.93. The second-order valence-corrected chi connectivity index (χ2v) is 10.3. The number of anilines is 1. The van der Waals surface area contributed by atoms with E-state index in [4.69, 9.17) is 0 Å². The smallest absolute Gasteiger partial charge is 0.276 e. The highest BCUT2D eigenvalue weighted by Crippen LogP contribution is 2.32. The molecule has 1 aromatic carbocycles. The maximum atomic E-state index is 12.8. The van der Waals surface area contributed by atoms with Gasteiger partial charge in [0.25, 0.3) is 5.91 Å². The highest BCUT2D eigenvalue weighted by molar-refractivity contribution is 7.91. The maximum Gasteiger partial charge on any atom is 0.276 e. The topological polar surface area (TPSA) is 81.1 Å². The molecule has 4 rings (SSSR count). The number of sulfone groups is 1. The first kappa shape index (κ1) is 18.9. The summed E-state index contributed by atoms with van der Waals surface area (Å²) in [5.41, 5.74) is 3.91. The van der Waals surface area contributed by atoms with Crippen LogP contribution in [0.25, 0.3) is 10.6 Å². The Balaban J connectivity index is 1.68. The van der Waals surface area contributed by atoms with Crippen LogP contribution >= 0.6 is 11.3 Å². The molecule has 0 spiro atoms. The molecule has 1 unspecified atom stereocenters. The van der Waals surface area contributed by atoms with Gasteiger partial charge in [0.2, 0.25) is 0 Å². The summed E-state index contributed by atoms with van der Waals surface area (Å²) in [7, 11) is -3.06. The number of nitrogens with one attached hydrogen (secondary N) is 1. The summed E-state index contributed by atoms with van der Waals surface area (Å²) in [6.07, 6.45) is 0.514. The summed E-state index contributed by atoms with van der Waals surface area (Å²) in [5, 5.41) is 9.37. The molecule has 1 amide bonds. The molecule has 0 aliphatic carbocycles. The molecule has 28 heavy (non-hydrogen) atoms. The van der Waals surface area contributed by atoms with E-state index in [9.17, 15) is 13.2 Å². The van der Waals surface area contributed by atoms with Gasteiger partial charge in [-0.1, -0.05) is 23.8 Å². The first-order chi connectivity index (χ1) is 13.3. The number of aromatic nitrogens is 2. The second-order valence-electron chi connectivity index (χ2n) is 7.17. The van der Waals surface area contributed by atoms with Crippen molar-refractivity contribution in [3.63, 3.8) is 0 Å². The number of carbonyl (C=O) groups excluding carboxylic acids is 1. The Morgan fingerprint density at radius 1 is 1.25 bits per heavy atom. The quantitative estimate of drug-likeness (QED) is 0.702. The molecule has 1 atom stereocenters. The number of benzene rings is 1. The van der Waals surface area contributed by atoms with E-state index in [0.717, 1.165) is 27.4 Å². The van der Waals surface area contributed by atoms with Gasteiger partial charge in [0, 0.05) is 5.69 Å². The molecule has 6 nitrogen and oxygen atoms in total. The third kappa shape index (κ3) is 3.74. The Kier molecular flexibility index (Phi) is 4.84. The number of nitrogens with zero attached hydrogens (tertiary/aromatic N) is 2. The lowest BCUT2D eigenvalue weighted by molar-refractivity contribution is 0.102. The van der Waals surface area contributed by atoms with Gasteiger partial charge in [-0.2, -0.15) is 5.10 Å². The highest BCUT2D eigenvalue weighted by Gasteiger charge is 2.32. The summed E-state index contributed by atoms with van der Waals surface area (Å²) < 4.78 is 25.6. The minimum atomic E-state index is -3.06. The number of carbonyl (C=O) groups is 1. The SMILES string of the molecule is Cc1ccc(NC(=O)c2cc(-c3cccs3)n(C3CCS(=O)(=O)C3)n2)c(C)c1. The minimum Gasteiger partial charge on any atom is -0.320 e. The van der Waals surface area contributed by atoms with Crippen molar-refractivity contribution in [1.82, 2.24) is 9.78 Å². The van der Waals surface area contributed by atoms with E-state index >= 15 is 0 Å². The number of amides is 1. The first-order valence-corrected chi connectivity index (χ1v) is 11.7. The lowest BCUT2D eigenvalue weighted by atomic mass is 10.1. The monoisotopic (exact) mass is 415 g/mol. The fourth-order valence-corrected chi connectivity index (χ4v) is 5.93. The predicted molar refractivity (Wildman–Crippen MR) is 112 cm³/mol. The van der Waals surface area contributed by atoms with Crippen LogP contribution < -0.4 is 5.32 Å². The van der Waals surface area contributed by atoms with Gasteiger partial charge < -0.3 is 5.32 Å². The lowest BCUT2D eigenvalue weighted by Crippen LogP contribution is -2.17. The van der Waals surface area contributed by atoms with E-state index in [1.807, 2.05) is 49.6 Å². The summed E-state index contributed by atoms with van der Waals surface area (Å²) in [4.78, 5) is 13.8. The molecule has 1 fully saturated rings. The molecule has 0 bridgehead atoms. The average molecular weight is 416 g/mol. The van der Waals surface area contributed by atoms with Gasteiger partial charge in [0.05, 0.1) is 28.1 Å². The van der Waals surface area contributed by atoms with Crippen LogP contribution in [-0.2, 0) is 9.84 Å².